The van der Waals surface area contributed by atoms with Crippen LogP contribution in [0.3, 0.4) is 0 Å². The van der Waals surface area contributed by atoms with Crippen molar-refractivity contribution in [3.05, 3.63) is 54.6 Å². The predicted octanol–water partition coefficient (Wildman–Crippen LogP) is 3.50. The molecule has 2 aromatic carbocycles. The fourth-order valence-electron chi connectivity index (χ4n) is 5.23. The molecule has 1 saturated carbocycles. The van der Waals surface area contributed by atoms with Crippen LogP contribution in [0, 0.1) is 23.7 Å². The highest BCUT2D eigenvalue weighted by Crippen LogP contribution is 2.49. The maximum Gasteiger partial charge on any atom is 0.320 e. The molecular weight excluding hydrogens is 366 g/mol. The van der Waals surface area contributed by atoms with E-state index in [4.69, 9.17) is 0 Å². The van der Waals surface area contributed by atoms with Gasteiger partial charge in [-0.15, -0.1) is 0 Å². The van der Waals surface area contributed by atoms with E-state index in [1.807, 2.05) is 42.5 Å². The lowest BCUT2D eigenvalue weighted by atomic mass is 9.63. The number of amides is 4. The van der Waals surface area contributed by atoms with Gasteiger partial charge < -0.3 is 10.6 Å². The number of nitrogens with one attached hydrogen (secondary N) is 2. The van der Waals surface area contributed by atoms with E-state index in [2.05, 4.69) is 22.8 Å². The Balaban J connectivity index is 1.31. The third-order valence-corrected chi connectivity index (χ3v) is 6.56. The number of urea groups is 1. The molecule has 29 heavy (non-hydrogen) atoms. The number of hydrogen-bond donors (Lipinski definition) is 2. The van der Waals surface area contributed by atoms with E-state index in [9.17, 15) is 14.4 Å². The molecule has 0 radical (unpaired) electrons. The molecule has 2 bridgehead atoms. The van der Waals surface area contributed by atoms with Gasteiger partial charge in [-0.05, 0) is 43.1 Å². The first-order valence-electron chi connectivity index (χ1n) is 10.1. The summed E-state index contributed by atoms with van der Waals surface area (Å²) in [6.45, 7) is 1.69. The zero-order valence-electron chi connectivity index (χ0n) is 16.2. The Labute approximate surface area is 168 Å². The number of nitrogens with zero attached hydrogens (tertiary/aromatic N) is 1. The average Bonchev–Trinajstić information content (AvgIpc) is 3.02. The van der Waals surface area contributed by atoms with Crippen molar-refractivity contribution in [2.24, 2.45) is 23.7 Å². The number of carbonyl (C=O) groups excluding carboxylic acids is 3. The summed E-state index contributed by atoms with van der Waals surface area (Å²) in [5.41, 5.74) is 0.683. The first-order valence-corrected chi connectivity index (χ1v) is 10.1. The maximum absolute atomic E-state index is 13.0. The lowest BCUT2D eigenvalue weighted by molar-refractivity contribution is -0.142. The number of hydrogen-bond acceptors (Lipinski definition) is 3. The molecule has 2 fully saturated rings. The quantitative estimate of drug-likeness (QED) is 0.623. The van der Waals surface area contributed by atoms with Gasteiger partial charge >= 0.3 is 6.03 Å². The van der Waals surface area contributed by atoms with Crippen LogP contribution in [-0.4, -0.2) is 28.9 Å². The number of benzene rings is 2. The minimum absolute atomic E-state index is 0.142. The number of anilines is 1. The lowest BCUT2D eigenvalue weighted by Crippen LogP contribution is -2.50. The van der Waals surface area contributed by atoms with Crippen LogP contribution in [0.1, 0.15) is 19.8 Å². The Morgan fingerprint density at radius 2 is 1.59 bits per heavy atom. The molecule has 0 aromatic heterocycles. The average molecular weight is 389 g/mol. The van der Waals surface area contributed by atoms with E-state index in [1.165, 1.54) is 4.90 Å². The van der Waals surface area contributed by atoms with Gasteiger partial charge in [-0.3, -0.25) is 14.5 Å². The van der Waals surface area contributed by atoms with E-state index >= 15 is 0 Å². The number of fused-ring (bicyclic) bond motifs is 2. The monoisotopic (exact) mass is 389 g/mol. The van der Waals surface area contributed by atoms with E-state index in [0.717, 1.165) is 23.6 Å². The zero-order valence-corrected chi connectivity index (χ0v) is 16.2. The second kappa shape index (κ2) is 6.72. The second-order valence-corrected chi connectivity index (χ2v) is 8.19. The van der Waals surface area contributed by atoms with Crippen molar-refractivity contribution in [1.29, 1.82) is 0 Å². The summed E-state index contributed by atoms with van der Waals surface area (Å²) < 4.78 is 0. The molecule has 6 nitrogen and oxygen atoms in total. The second-order valence-electron chi connectivity index (χ2n) is 8.19. The molecule has 5 atom stereocenters. The summed E-state index contributed by atoms with van der Waals surface area (Å²) in [5, 5.41) is 7.57. The van der Waals surface area contributed by atoms with E-state index in [1.54, 1.807) is 6.92 Å². The van der Waals surface area contributed by atoms with Gasteiger partial charge in [0.25, 0.3) is 0 Å². The number of carbonyl (C=O) groups is 3. The lowest BCUT2D eigenvalue weighted by Gasteiger charge is -2.38. The maximum atomic E-state index is 13.0. The molecule has 1 saturated heterocycles. The highest BCUT2D eigenvalue weighted by molar-refractivity contribution is 6.07. The van der Waals surface area contributed by atoms with Gasteiger partial charge in [0, 0.05) is 5.39 Å². The zero-order chi connectivity index (χ0) is 20.1. The Morgan fingerprint density at radius 3 is 2.24 bits per heavy atom. The Hall–Kier alpha value is -3.15. The van der Waals surface area contributed by atoms with Gasteiger partial charge in [-0.25, -0.2) is 4.79 Å². The summed E-state index contributed by atoms with van der Waals surface area (Å²) in [5.74, 6) is -0.561. The Kier molecular flexibility index (Phi) is 4.15. The van der Waals surface area contributed by atoms with Gasteiger partial charge in [-0.2, -0.15) is 0 Å². The van der Waals surface area contributed by atoms with Gasteiger partial charge in [0.1, 0.15) is 6.17 Å². The molecule has 2 N–H and O–H groups in total. The molecule has 5 unspecified atom stereocenters. The van der Waals surface area contributed by atoms with Gasteiger partial charge in [0.2, 0.25) is 11.8 Å². The van der Waals surface area contributed by atoms with Crippen molar-refractivity contribution in [2.45, 2.75) is 25.9 Å². The Bertz CT molecular complexity index is 1010. The molecule has 2 aromatic rings. The van der Waals surface area contributed by atoms with Crippen LogP contribution in [0.4, 0.5) is 10.5 Å². The normalized spacial score (nSPS) is 28.5. The van der Waals surface area contributed by atoms with E-state index in [0.29, 0.717) is 5.69 Å². The minimum Gasteiger partial charge on any atom is -0.317 e. The molecule has 4 amide bonds. The first kappa shape index (κ1) is 17.9. The van der Waals surface area contributed by atoms with Crippen LogP contribution in [0.2, 0.25) is 0 Å². The molecule has 1 heterocycles. The summed E-state index contributed by atoms with van der Waals surface area (Å²) in [4.78, 5) is 39.9. The molecule has 1 aliphatic heterocycles. The van der Waals surface area contributed by atoms with Crippen LogP contribution in [0.5, 0.6) is 0 Å². The van der Waals surface area contributed by atoms with Crippen molar-refractivity contribution in [3.8, 4) is 0 Å². The van der Waals surface area contributed by atoms with E-state index < -0.39 is 12.2 Å². The highest BCUT2D eigenvalue weighted by atomic mass is 16.2. The highest BCUT2D eigenvalue weighted by Gasteiger charge is 2.57. The van der Waals surface area contributed by atoms with Crippen LogP contribution >= 0.6 is 0 Å². The number of allylic oxidation sites excluding steroid dienone is 2. The van der Waals surface area contributed by atoms with Crippen molar-refractivity contribution >= 4 is 34.3 Å². The molecule has 3 aliphatic carbocycles. The van der Waals surface area contributed by atoms with Crippen LogP contribution in [-0.2, 0) is 9.59 Å². The van der Waals surface area contributed by atoms with Crippen molar-refractivity contribution in [1.82, 2.24) is 10.2 Å². The number of imide groups is 1. The third kappa shape index (κ3) is 2.82. The summed E-state index contributed by atoms with van der Waals surface area (Å²) in [7, 11) is 0. The third-order valence-electron chi connectivity index (χ3n) is 6.56. The fraction of sp³-hybridized carbons (Fsp3) is 0.348. The number of likely N-dealkylation sites (tertiary alicyclic amines) is 1. The predicted molar refractivity (Wildman–Crippen MR) is 110 cm³/mol. The van der Waals surface area contributed by atoms with Crippen LogP contribution < -0.4 is 10.6 Å². The standard InChI is InChI=1S/C23H23N3O3/c1-13(24-23(29)25-18-8-4-6-14-5-2-3-7-17(14)18)26-21(27)19-15-9-10-16(12-11-15)20(19)22(26)28/h2-10,13,15-16,19-20H,11-12H2,1H3,(H2,24,25,29). The number of rotatable bonds is 3. The summed E-state index contributed by atoms with van der Waals surface area (Å²) in [6.07, 6.45) is 5.40. The Morgan fingerprint density at radius 1 is 0.966 bits per heavy atom. The fourth-order valence-corrected chi connectivity index (χ4v) is 5.23. The summed E-state index contributed by atoms with van der Waals surface area (Å²) in [6, 6.07) is 13.0. The molecular formula is C23H23N3O3. The largest absolute Gasteiger partial charge is 0.320 e. The van der Waals surface area contributed by atoms with Gasteiger partial charge in [0.05, 0.1) is 17.5 Å². The minimum atomic E-state index is -0.699. The molecule has 6 heteroatoms. The van der Waals surface area contributed by atoms with Crippen LogP contribution in [0.25, 0.3) is 10.8 Å². The summed E-state index contributed by atoms with van der Waals surface area (Å²) >= 11 is 0. The van der Waals surface area contributed by atoms with Crippen molar-refractivity contribution in [3.63, 3.8) is 0 Å². The van der Waals surface area contributed by atoms with Crippen LogP contribution in [0.15, 0.2) is 54.6 Å². The SMILES string of the molecule is CC(NC(=O)Nc1cccc2ccccc12)N1C(=O)C2C3C=CC(CC3)C2C1=O. The van der Waals surface area contributed by atoms with Gasteiger partial charge in [0.15, 0.2) is 0 Å². The van der Waals surface area contributed by atoms with E-state index in [-0.39, 0.29) is 35.5 Å². The first-order chi connectivity index (χ1) is 14.0. The molecule has 4 aliphatic rings. The molecule has 0 spiro atoms. The van der Waals surface area contributed by atoms with Gasteiger partial charge in [-0.1, -0.05) is 48.6 Å². The van der Waals surface area contributed by atoms with Crippen molar-refractivity contribution < 1.29 is 14.4 Å². The molecule has 148 valence electrons. The molecule has 6 rings (SSSR count). The topological polar surface area (TPSA) is 78.5 Å². The smallest absolute Gasteiger partial charge is 0.317 e. The van der Waals surface area contributed by atoms with Crippen molar-refractivity contribution in [2.75, 3.05) is 5.32 Å².